The summed E-state index contributed by atoms with van der Waals surface area (Å²) in [7, 11) is 0. The molecule has 0 heterocycles. The van der Waals surface area contributed by atoms with Gasteiger partial charge in [0.15, 0.2) is 0 Å². The van der Waals surface area contributed by atoms with Gasteiger partial charge in [0.2, 0.25) is 0 Å². The average Bonchev–Trinajstić information content (AvgIpc) is 1.91. The zero-order valence-corrected chi connectivity index (χ0v) is 8.67. The normalized spacial score (nSPS) is 9.44. The predicted octanol–water partition coefficient (Wildman–Crippen LogP) is 1.90. The molecule has 0 unspecified atom stereocenters. The van der Waals surface area contributed by atoms with Crippen molar-refractivity contribution in [2.45, 2.75) is 4.90 Å². The predicted molar refractivity (Wildman–Crippen MR) is 42.9 cm³/mol. The summed E-state index contributed by atoms with van der Waals surface area (Å²) < 4.78 is 1.25. The maximum absolute atomic E-state index is 2.15. The van der Waals surface area contributed by atoms with Gasteiger partial charge in [0.25, 0.3) is 0 Å². The summed E-state index contributed by atoms with van der Waals surface area (Å²) in [6.07, 6.45) is 0. The van der Waals surface area contributed by atoms with Crippen molar-refractivity contribution < 1.29 is 0 Å². The van der Waals surface area contributed by atoms with Gasteiger partial charge in [-0.05, 0) is 0 Å². The number of thioether (sulfide) groups is 1. The van der Waals surface area contributed by atoms with Crippen LogP contribution in [-0.4, -0.2) is 26.3 Å². The van der Waals surface area contributed by atoms with Gasteiger partial charge in [0.05, 0.1) is 0 Å². The second kappa shape index (κ2) is 4.23. The fraction of sp³-hybridized carbons (Fsp3) is 0.143. The van der Waals surface area contributed by atoms with Gasteiger partial charge in [-0.3, -0.25) is 0 Å². The van der Waals surface area contributed by atoms with E-state index in [1.54, 1.807) is 22.5 Å². The van der Waals surface area contributed by atoms with Crippen LogP contribution >= 0.6 is 11.8 Å². The summed E-state index contributed by atoms with van der Waals surface area (Å²) in [5.41, 5.74) is 0. The Bertz CT molecular complexity index is 162. The van der Waals surface area contributed by atoms with E-state index in [0.717, 1.165) is 0 Å². The van der Waals surface area contributed by atoms with Crippen molar-refractivity contribution in [1.29, 1.82) is 0 Å². The molecule has 0 nitrogen and oxygen atoms in total. The Hall–Kier alpha value is 0.369. The maximum atomic E-state index is 2.15. The molecule has 0 atom stereocenters. The number of benzene rings is 1. The van der Waals surface area contributed by atoms with Crippen LogP contribution in [0.3, 0.4) is 0 Å². The van der Waals surface area contributed by atoms with Gasteiger partial charge in [-0.15, -0.1) is 0 Å². The van der Waals surface area contributed by atoms with Crippen LogP contribution in [0.4, 0.5) is 0 Å². The Morgan fingerprint density at radius 3 is 2.44 bits per heavy atom. The van der Waals surface area contributed by atoms with E-state index in [-0.39, 0.29) is 0 Å². The molecule has 45 valence electrons. The quantitative estimate of drug-likeness (QED) is 0.563. The van der Waals surface area contributed by atoms with Crippen molar-refractivity contribution in [2.24, 2.45) is 0 Å². The fourth-order valence-corrected chi connectivity index (χ4v) is 2.54. The van der Waals surface area contributed by atoms with E-state index in [4.69, 9.17) is 0 Å². The van der Waals surface area contributed by atoms with Gasteiger partial charge in [0, 0.05) is 0 Å². The zero-order valence-electron chi connectivity index (χ0n) is 5.00. The molecule has 0 aliphatic heterocycles. The molecule has 2 heteroatoms. The summed E-state index contributed by atoms with van der Waals surface area (Å²) in [6, 6.07) is 10.5. The monoisotopic (exact) mass is 243 g/mol. The van der Waals surface area contributed by atoms with E-state index >= 15 is 0 Å². The first-order chi connectivity index (χ1) is 4.43. The van der Waals surface area contributed by atoms with E-state index in [0.29, 0.717) is 0 Å². The Balaban J connectivity index is 2.61. The van der Waals surface area contributed by atoms with Crippen LogP contribution in [0.25, 0.3) is 0 Å². The molecular formula is C7H7SSn. The number of rotatable bonds is 2. The van der Waals surface area contributed by atoms with Crippen LogP contribution in [0, 0.1) is 0 Å². The first-order valence-corrected chi connectivity index (χ1v) is 5.76. The Morgan fingerprint density at radius 1 is 1.22 bits per heavy atom. The van der Waals surface area contributed by atoms with Gasteiger partial charge in [-0.1, -0.05) is 0 Å². The van der Waals surface area contributed by atoms with Crippen molar-refractivity contribution in [3.8, 4) is 0 Å². The van der Waals surface area contributed by atoms with Crippen molar-refractivity contribution in [1.82, 2.24) is 0 Å². The molecule has 0 amide bonds. The Kier molecular flexibility index (Phi) is 3.51. The molecule has 0 N–H and O–H groups in total. The van der Waals surface area contributed by atoms with Gasteiger partial charge in [-0.2, -0.15) is 0 Å². The molecule has 3 radical (unpaired) electrons. The van der Waals surface area contributed by atoms with E-state index in [2.05, 4.69) is 24.3 Å². The molecule has 1 aromatic rings. The molecule has 0 aliphatic carbocycles. The van der Waals surface area contributed by atoms with Crippen LogP contribution in [0.2, 0.25) is 0 Å². The molecule has 9 heavy (non-hydrogen) atoms. The minimum absolute atomic E-state index is 1.25. The second-order valence-electron chi connectivity index (χ2n) is 1.60. The zero-order chi connectivity index (χ0) is 6.53. The fourth-order valence-electron chi connectivity index (χ4n) is 0.600. The average molecular weight is 242 g/mol. The molecule has 0 saturated carbocycles. The molecular weight excluding hydrogens is 235 g/mol. The van der Waals surface area contributed by atoms with E-state index in [9.17, 15) is 0 Å². The summed E-state index contributed by atoms with van der Waals surface area (Å²) in [5.74, 6) is 0. The van der Waals surface area contributed by atoms with Crippen LogP contribution in [0.5, 0.6) is 0 Å². The number of hydrogen-bond acceptors (Lipinski definition) is 1. The first-order valence-electron chi connectivity index (χ1n) is 2.76. The van der Waals surface area contributed by atoms with Crippen molar-refractivity contribution in [3.05, 3.63) is 30.3 Å². The summed E-state index contributed by atoms with van der Waals surface area (Å²) in [4.78, 5) is 1.38. The third kappa shape index (κ3) is 2.63. The molecule has 0 fully saturated rings. The standard InChI is InChI=1S/C7H7S.Sn/c1-8-7-5-3-2-4-6-7;/h2-6H,1H2;. The van der Waals surface area contributed by atoms with Crippen molar-refractivity contribution >= 4 is 34.3 Å². The summed E-state index contributed by atoms with van der Waals surface area (Å²) in [5, 5.41) is 0. The first kappa shape index (κ1) is 7.48. The number of hydrogen-bond donors (Lipinski definition) is 0. The molecule has 1 aromatic carbocycles. The van der Waals surface area contributed by atoms with Crippen LogP contribution in [0.15, 0.2) is 35.2 Å². The molecule has 0 aromatic heterocycles. The SMILES string of the molecule is [Sn][CH2]Sc1ccccc1. The van der Waals surface area contributed by atoms with E-state index in [1.165, 1.54) is 8.66 Å². The molecule has 0 bridgehead atoms. The molecule has 0 saturated heterocycles. The third-order valence-corrected chi connectivity index (χ3v) is 2.97. The molecule has 1 rings (SSSR count). The van der Waals surface area contributed by atoms with Crippen LogP contribution < -0.4 is 0 Å². The van der Waals surface area contributed by atoms with Crippen LogP contribution in [-0.2, 0) is 0 Å². The summed E-state index contributed by atoms with van der Waals surface area (Å²) in [6.45, 7) is 0. The van der Waals surface area contributed by atoms with E-state index < -0.39 is 0 Å². The third-order valence-electron chi connectivity index (χ3n) is 0.982. The Morgan fingerprint density at radius 2 is 1.89 bits per heavy atom. The van der Waals surface area contributed by atoms with Crippen molar-refractivity contribution in [2.75, 3.05) is 3.77 Å². The minimum atomic E-state index is 1.25. The van der Waals surface area contributed by atoms with Gasteiger partial charge < -0.3 is 0 Å². The topological polar surface area (TPSA) is 0 Å². The van der Waals surface area contributed by atoms with Gasteiger partial charge >= 0.3 is 73.3 Å². The van der Waals surface area contributed by atoms with Crippen molar-refractivity contribution in [3.63, 3.8) is 0 Å². The Labute approximate surface area is 73.1 Å². The van der Waals surface area contributed by atoms with Gasteiger partial charge in [-0.25, -0.2) is 0 Å². The van der Waals surface area contributed by atoms with Crippen LogP contribution in [0.1, 0.15) is 0 Å². The summed E-state index contributed by atoms with van der Waals surface area (Å²) >= 11 is 3.51. The molecule has 0 aliphatic rings. The van der Waals surface area contributed by atoms with E-state index in [1.807, 2.05) is 17.8 Å². The molecule has 0 spiro atoms. The second-order valence-corrected chi connectivity index (χ2v) is 5.12. The van der Waals surface area contributed by atoms with Gasteiger partial charge in [0.1, 0.15) is 0 Å².